The van der Waals surface area contributed by atoms with Gasteiger partial charge in [0.1, 0.15) is 0 Å². The van der Waals surface area contributed by atoms with Crippen LogP contribution in [0.3, 0.4) is 0 Å². The van der Waals surface area contributed by atoms with Crippen LogP contribution < -0.4 is 5.32 Å². The molecule has 1 fully saturated rings. The zero-order valence-electron chi connectivity index (χ0n) is 8.06. The third kappa shape index (κ3) is 2.48. The molecule has 1 rings (SSSR count). The van der Waals surface area contributed by atoms with Crippen molar-refractivity contribution in [3.05, 3.63) is 0 Å². The second-order valence-electron chi connectivity index (χ2n) is 4.09. The molecule has 0 aromatic rings. The average molecular weight is 155 g/mol. The first-order chi connectivity index (χ1) is 5.24. The molecule has 1 aliphatic rings. The Bertz CT molecular complexity index is 109. The highest BCUT2D eigenvalue weighted by Crippen LogP contribution is 2.24. The molecule has 1 saturated heterocycles. The number of hydrogen-bond donors (Lipinski definition) is 1. The fourth-order valence-electron chi connectivity index (χ4n) is 1.96. The van der Waals surface area contributed by atoms with Crippen LogP contribution in [0.1, 0.15) is 40.0 Å². The molecule has 11 heavy (non-hydrogen) atoms. The van der Waals surface area contributed by atoms with Crippen LogP contribution in [0.2, 0.25) is 0 Å². The molecular formula is C10H21N. The molecule has 1 heteroatoms. The van der Waals surface area contributed by atoms with Crippen molar-refractivity contribution in [1.29, 1.82) is 0 Å². The molecule has 0 aromatic carbocycles. The second-order valence-corrected chi connectivity index (χ2v) is 4.09. The lowest BCUT2D eigenvalue weighted by molar-refractivity contribution is 0.239. The molecule has 2 atom stereocenters. The van der Waals surface area contributed by atoms with Gasteiger partial charge in [-0.25, -0.2) is 0 Å². The van der Waals surface area contributed by atoms with Crippen molar-refractivity contribution in [2.24, 2.45) is 11.8 Å². The molecule has 66 valence electrons. The fraction of sp³-hybridized carbons (Fsp3) is 1.00. The van der Waals surface area contributed by atoms with Gasteiger partial charge in [0, 0.05) is 6.04 Å². The molecule has 0 aromatic heterocycles. The molecule has 0 bridgehead atoms. The van der Waals surface area contributed by atoms with Gasteiger partial charge in [-0.2, -0.15) is 0 Å². The maximum atomic E-state index is 3.55. The molecule has 0 radical (unpaired) electrons. The van der Waals surface area contributed by atoms with Crippen molar-refractivity contribution < 1.29 is 0 Å². The second kappa shape index (κ2) is 4.10. The topological polar surface area (TPSA) is 12.0 Å². The molecular weight excluding hydrogens is 134 g/mol. The Morgan fingerprint density at radius 1 is 1.45 bits per heavy atom. The Labute approximate surface area is 70.6 Å². The van der Waals surface area contributed by atoms with Crippen molar-refractivity contribution in [1.82, 2.24) is 5.32 Å². The summed E-state index contributed by atoms with van der Waals surface area (Å²) < 4.78 is 0. The first-order valence-electron chi connectivity index (χ1n) is 4.97. The first kappa shape index (κ1) is 9.05. The molecule has 0 amide bonds. The summed E-state index contributed by atoms with van der Waals surface area (Å²) in [5, 5.41) is 3.55. The van der Waals surface area contributed by atoms with Crippen molar-refractivity contribution >= 4 is 0 Å². The molecule has 1 nitrogen and oxygen atoms in total. The van der Waals surface area contributed by atoms with E-state index in [0.717, 1.165) is 17.9 Å². The van der Waals surface area contributed by atoms with Gasteiger partial charge in [0.15, 0.2) is 0 Å². The molecule has 0 aliphatic carbocycles. The summed E-state index contributed by atoms with van der Waals surface area (Å²) in [7, 11) is 0. The summed E-state index contributed by atoms with van der Waals surface area (Å²) in [5.74, 6) is 1.85. The SMILES string of the molecule is CC[C@H]1CC(C(C)C)CCN1. The number of nitrogens with one attached hydrogen (secondary N) is 1. The van der Waals surface area contributed by atoms with E-state index in [1.807, 2.05) is 0 Å². The van der Waals surface area contributed by atoms with E-state index < -0.39 is 0 Å². The van der Waals surface area contributed by atoms with Gasteiger partial charge < -0.3 is 5.32 Å². The van der Waals surface area contributed by atoms with Crippen molar-refractivity contribution in [2.75, 3.05) is 6.54 Å². The Hall–Kier alpha value is -0.0400. The third-order valence-electron chi connectivity index (χ3n) is 2.97. The van der Waals surface area contributed by atoms with Gasteiger partial charge in [0.05, 0.1) is 0 Å². The van der Waals surface area contributed by atoms with Gasteiger partial charge in [-0.05, 0) is 37.6 Å². The minimum absolute atomic E-state index is 0.802. The largest absolute Gasteiger partial charge is 0.314 e. The lowest BCUT2D eigenvalue weighted by Gasteiger charge is -2.32. The minimum Gasteiger partial charge on any atom is -0.314 e. The summed E-state index contributed by atoms with van der Waals surface area (Å²) in [4.78, 5) is 0. The summed E-state index contributed by atoms with van der Waals surface area (Å²) >= 11 is 0. The Morgan fingerprint density at radius 3 is 2.73 bits per heavy atom. The maximum absolute atomic E-state index is 3.55. The van der Waals surface area contributed by atoms with E-state index >= 15 is 0 Å². The number of piperidine rings is 1. The minimum atomic E-state index is 0.802. The zero-order chi connectivity index (χ0) is 8.27. The van der Waals surface area contributed by atoms with Crippen molar-refractivity contribution in [3.63, 3.8) is 0 Å². The van der Waals surface area contributed by atoms with Crippen LogP contribution in [-0.4, -0.2) is 12.6 Å². The summed E-state index contributed by atoms with van der Waals surface area (Å²) in [6.07, 6.45) is 4.07. The average Bonchev–Trinajstić information content (AvgIpc) is 2.05. The van der Waals surface area contributed by atoms with E-state index in [2.05, 4.69) is 26.1 Å². The van der Waals surface area contributed by atoms with Crippen LogP contribution in [0.25, 0.3) is 0 Å². The van der Waals surface area contributed by atoms with Crippen LogP contribution >= 0.6 is 0 Å². The van der Waals surface area contributed by atoms with E-state index in [-0.39, 0.29) is 0 Å². The van der Waals surface area contributed by atoms with Gasteiger partial charge in [-0.3, -0.25) is 0 Å². The van der Waals surface area contributed by atoms with Crippen LogP contribution in [-0.2, 0) is 0 Å². The van der Waals surface area contributed by atoms with Crippen LogP contribution in [0.15, 0.2) is 0 Å². The monoisotopic (exact) mass is 155 g/mol. The normalized spacial score (nSPS) is 32.7. The van der Waals surface area contributed by atoms with Gasteiger partial charge in [-0.1, -0.05) is 20.8 Å². The molecule has 1 heterocycles. The van der Waals surface area contributed by atoms with Gasteiger partial charge in [0.2, 0.25) is 0 Å². The molecule has 1 N–H and O–H groups in total. The van der Waals surface area contributed by atoms with Gasteiger partial charge in [-0.15, -0.1) is 0 Å². The molecule has 1 unspecified atom stereocenters. The molecule has 1 aliphatic heterocycles. The lowest BCUT2D eigenvalue weighted by Crippen LogP contribution is -2.38. The van der Waals surface area contributed by atoms with E-state index in [0.29, 0.717) is 0 Å². The Kier molecular flexibility index (Phi) is 3.38. The number of rotatable bonds is 2. The Balaban J connectivity index is 2.33. The first-order valence-corrected chi connectivity index (χ1v) is 4.97. The fourth-order valence-corrected chi connectivity index (χ4v) is 1.96. The van der Waals surface area contributed by atoms with Crippen molar-refractivity contribution in [2.45, 2.75) is 46.1 Å². The third-order valence-corrected chi connectivity index (χ3v) is 2.97. The summed E-state index contributed by atoms with van der Waals surface area (Å²) in [5.41, 5.74) is 0. The highest BCUT2D eigenvalue weighted by molar-refractivity contribution is 4.78. The zero-order valence-corrected chi connectivity index (χ0v) is 8.06. The maximum Gasteiger partial charge on any atom is 0.00671 e. The van der Waals surface area contributed by atoms with E-state index in [1.165, 1.54) is 25.8 Å². The van der Waals surface area contributed by atoms with Crippen LogP contribution in [0.4, 0.5) is 0 Å². The van der Waals surface area contributed by atoms with Crippen LogP contribution in [0, 0.1) is 11.8 Å². The van der Waals surface area contributed by atoms with Gasteiger partial charge >= 0.3 is 0 Å². The Morgan fingerprint density at radius 2 is 2.18 bits per heavy atom. The smallest absolute Gasteiger partial charge is 0.00671 e. The quantitative estimate of drug-likeness (QED) is 0.645. The lowest BCUT2D eigenvalue weighted by atomic mass is 9.83. The molecule has 0 saturated carbocycles. The van der Waals surface area contributed by atoms with Crippen molar-refractivity contribution in [3.8, 4) is 0 Å². The van der Waals surface area contributed by atoms with E-state index in [4.69, 9.17) is 0 Å². The summed E-state index contributed by atoms with van der Waals surface area (Å²) in [6, 6.07) is 0.802. The number of hydrogen-bond acceptors (Lipinski definition) is 1. The summed E-state index contributed by atoms with van der Waals surface area (Å²) in [6.45, 7) is 8.22. The standard InChI is InChI=1S/C10H21N/c1-4-10-7-9(8(2)3)5-6-11-10/h8-11H,4-7H2,1-3H3/t9?,10-/m0/s1. The predicted molar refractivity (Wildman–Crippen MR) is 49.6 cm³/mol. The highest BCUT2D eigenvalue weighted by Gasteiger charge is 2.21. The van der Waals surface area contributed by atoms with E-state index in [9.17, 15) is 0 Å². The highest BCUT2D eigenvalue weighted by atomic mass is 14.9. The molecule has 0 spiro atoms. The van der Waals surface area contributed by atoms with Gasteiger partial charge in [0.25, 0.3) is 0 Å². The van der Waals surface area contributed by atoms with Crippen LogP contribution in [0.5, 0.6) is 0 Å². The predicted octanol–water partition coefficient (Wildman–Crippen LogP) is 2.42. The van der Waals surface area contributed by atoms with E-state index in [1.54, 1.807) is 0 Å².